The molecule has 10 heteroatoms. The van der Waals surface area contributed by atoms with Gasteiger partial charge < -0.3 is 11.1 Å². The van der Waals surface area contributed by atoms with Crippen LogP contribution < -0.4 is 16.0 Å². The first-order chi connectivity index (χ1) is 17.2. The van der Waals surface area contributed by atoms with Crippen molar-refractivity contribution in [3.63, 3.8) is 0 Å². The molecular weight excluding hydrogens is 478 g/mol. The number of unbranched alkanes of at least 4 members (excludes halogenated alkanes) is 3. The summed E-state index contributed by atoms with van der Waals surface area (Å²) in [7, 11) is -2.37. The molecule has 0 bridgehead atoms. The minimum atomic E-state index is -4.02. The molecule has 3 N–H and O–H groups in total. The zero-order valence-corrected chi connectivity index (χ0v) is 21.5. The summed E-state index contributed by atoms with van der Waals surface area (Å²) in [4.78, 5) is 30.3. The Bertz CT molecular complexity index is 1300. The molecule has 3 aromatic rings. The predicted octanol–water partition coefficient (Wildman–Crippen LogP) is 4.27. The molecule has 9 nitrogen and oxygen atoms in total. The van der Waals surface area contributed by atoms with Crippen LogP contribution in [0.3, 0.4) is 0 Å². The largest absolute Gasteiger partial charge is 0.351 e. The molecule has 2 aromatic carbocycles. The van der Waals surface area contributed by atoms with Gasteiger partial charge in [-0.05, 0) is 48.7 Å². The number of benzene rings is 2. The summed E-state index contributed by atoms with van der Waals surface area (Å²) < 4.78 is 26.5. The van der Waals surface area contributed by atoms with Gasteiger partial charge in [-0.1, -0.05) is 56.5 Å². The third kappa shape index (κ3) is 6.72. The molecule has 0 radical (unpaired) electrons. The van der Waals surface area contributed by atoms with Crippen LogP contribution in [-0.2, 0) is 16.4 Å². The Morgan fingerprint density at radius 3 is 2.39 bits per heavy atom. The highest BCUT2D eigenvalue weighted by Crippen LogP contribution is 2.19. The van der Waals surface area contributed by atoms with Crippen LogP contribution in [0.5, 0.6) is 0 Å². The fraction of sp³-hybridized carbons (Fsp3) is 0.346. The van der Waals surface area contributed by atoms with E-state index in [2.05, 4.69) is 17.2 Å². The molecule has 192 valence electrons. The molecule has 0 atom stereocenters. The summed E-state index contributed by atoms with van der Waals surface area (Å²) in [5.74, 6) is 0.537. The number of carbonyl (C=O) groups is 2. The van der Waals surface area contributed by atoms with Gasteiger partial charge in [0.25, 0.3) is 10.0 Å². The zero-order chi connectivity index (χ0) is 26.1. The number of pyridine rings is 1. The molecule has 0 saturated heterocycles. The van der Waals surface area contributed by atoms with E-state index in [4.69, 9.17) is 5.73 Å². The molecule has 0 aliphatic heterocycles. The van der Waals surface area contributed by atoms with Gasteiger partial charge in [-0.25, -0.2) is 27.3 Å². The Balaban J connectivity index is 1.56. The van der Waals surface area contributed by atoms with Gasteiger partial charge in [-0.15, -0.1) is 0 Å². The number of carbonyl (C=O) groups excluding carboxylic acids is 2. The van der Waals surface area contributed by atoms with Gasteiger partial charge in [0.1, 0.15) is 5.82 Å². The van der Waals surface area contributed by atoms with Gasteiger partial charge in [-0.3, -0.25) is 4.90 Å². The molecule has 0 aliphatic rings. The van der Waals surface area contributed by atoms with E-state index in [1.165, 1.54) is 17.0 Å². The first kappa shape index (κ1) is 26.9. The molecular formula is C26H33N5O4S. The molecule has 0 unspecified atom stereocenters. The number of fused-ring (bicyclic) bond motifs is 1. The van der Waals surface area contributed by atoms with Crippen molar-refractivity contribution in [2.45, 2.75) is 43.9 Å². The second-order valence-electron chi connectivity index (χ2n) is 8.52. The molecule has 0 saturated carbocycles. The van der Waals surface area contributed by atoms with Crippen LogP contribution in [-0.4, -0.2) is 49.9 Å². The standard InChI is InChI=1S/C26H33N5O4S/c1-3-4-5-8-19-31(25(27)32)36(34,35)22-14-11-20(12-15-22)17-18-28-26(33)30(2)24-16-13-21-9-6-7-10-23(21)29-24/h6-7,9-16H,3-5,8,17-19H2,1-2H3,(H2,27,32)(H,28,33). The number of urea groups is 2. The number of aromatic nitrogens is 1. The fourth-order valence-corrected chi connectivity index (χ4v) is 5.11. The van der Waals surface area contributed by atoms with Crippen molar-refractivity contribution in [2.24, 2.45) is 5.73 Å². The summed E-state index contributed by atoms with van der Waals surface area (Å²) in [6.07, 6.45) is 3.86. The highest BCUT2D eigenvalue weighted by Gasteiger charge is 2.27. The van der Waals surface area contributed by atoms with Gasteiger partial charge in [0.05, 0.1) is 10.4 Å². The van der Waals surface area contributed by atoms with Crippen LogP contribution in [0.1, 0.15) is 38.2 Å². The van der Waals surface area contributed by atoms with E-state index in [9.17, 15) is 18.0 Å². The number of nitrogens with zero attached hydrogens (tertiary/aromatic N) is 3. The van der Waals surface area contributed by atoms with Crippen LogP contribution >= 0.6 is 0 Å². The molecule has 4 amide bonds. The first-order valence-electron chi connectivity index (χ1n) is 12.0. The highest BCUT2D eigenvalue weighted by atomic mass is 32.2. The lowest BCUT2D eigenvalue weighted by atomic mass is 10.1. The number of sulfonamides is 1. The first-order valence-corrected chi connectivity index (χ1v) is 13.5. The van der Waals surface area contributed by atoms with Crippen LogP contribution in [0.2, 0.25) is 0 Å². The third-order valence-corrected chi connectivity index (χ3v) is 7.70. The van der Waals surface area contributed by atoms with Crippen LogP contribution in [0.15, 0.2) is 65.6 Å². The maximum Gasteiger partial charge on any atom is 0.328 e. The molecule has 36 heavy (non-hydrogen) atoms. The van der Waals surface area contributed by atoms with Gasteiger partial charge in [0, 0.05) is 25.5 Å². The molecule has 0 spiro atoms. The van der Waals surface area contributed by atoms with E-state index in [0.29, 0.717) is 25.2 Å². The van der Waals surface area contributed by atoms with Crippen molar-refractivity contribution in [2.75, 3.05) is 25.0 Å². The number of nitrogens with two attached hydrogens (primary N) is 1. The second kappa shape index (κ2) is 12.3. The van der Waals surface area contributed by atoms with Crippen molar-refractivity contribution < 1.29 is 18.0 Å². The predicted molar refractivity (Wildman–Crippen MR) is 141 cm³/mol. The van der Waals surface area contributed by atoms with Crippen molar-refractivity contribution in [1.82, 2.24) is 14.6 Å². The van der Waals surface area contributed by atoms with E-state index in [1.54, 1.807) is 25.2 Å². The van der Waals surface area contributed by atoms with Crippen molar-refractivity contribution >= 4 is 38.8 Å². The lowest BCUT2D eigenvalue weighted by Crippen LogP contribution is -2.41. The Kier molecular flexibility index (Phi) is 9.24. The summed E-state index contributed by atoms with van der Waals surface area (Å²) in [6.45, 7) is 2.47. The van der Waals surface area contributed by atoms with E-state index < -0.39 is 16.1 Å². The Labute approximate surface area is 212 Å². The quantitative estimate of drug-likeness (QED) is 0.372. The number of primary amides is 1. The minimum Gasteiger partial charge on any atom is -0.351 e. The lowest BCUT2D eigenvalue weighted by molar-refractivity contribution is 0.231. The number of hydrogen-bond donors (Lipinski definition) is 2. The van der Waals surface area contributed by atoms with Crippen molar-refractivity contribution in [3.8, 4) is 0 Å². The lowest BCUT2D eigenvalue weighted by Gasteiger charge is -2.20. The van der Waals surface area contributed by atoms with E-state index >= 15 is 0 Å². The van der Waals surface area contributed by atoms with E-state index in [1.807, 2.05) is 30.3 Å². The summed E-state index contributed by atoms with van der Waals surface area (Å²) in [5, 5.41) is 3.84. The monoisotopic (exact) mass is 511 g/mol. The highest BCUT2D eigenvalue weighted by molar-refractivity contribution is 7.89. The second-order valence-corrected chi connectivity index (χ2v) is 10.4. The maximum absolute atomic E-state index is 12.9. The molecule has 1 heterocycles. The maximum atomic E-state index is 12.9. The van der Waals surface area contributed by atoms with Gasteiger partial charge >= 0.3 is 12.1 Å². The Morgan fingerprint density at radius 1 is 0.972 bits per heavy atom. The van der Waals surface area contributed by atoms with Gasteiger partial charge in [0.2, 0.25) is 0 Å². The third-order valence-electron chi connectivity index (χ3n) is 5.89. The number of amides is 4. The minimum absolute atomic E-state index is 0.00619. The number of rotatable bonds is 11. The SMILES string of the molecule is CCCCCCN(C(N)=O)S(=O)(=O)c1ccc(CCNC(=O)N(C)c2ccc3ccccc3n2)cc1. The topological polar surface area (TPSA) is 126 Å². The number of para-hydroxylation sites is 1. The van der Waals surface area contributed by atoms with E-state index in [-0.39, 0.29) is 17.5 Å². The van der Waals surface area contributed by atoms with Crippen LogP contribution in [0.4, 0.5) is 15.4 Å². The molecule has 1 aromatic heterocycles. The summed E-state index contributed by atoms with van der Waals surface area (Å²) >= 11 is 0. The number of anilines is 1. The fourth-order valence-electron chi connectivity index (χ4n) is 3.76. The van der Waals surface area contributed by atoms with Gasteiger partial charge in [0.15, 0.2) is 0 Å². The Hall–Kier alpha value is -3.66. The molecule has 3 rings (SSSR count). The van der Waals surface area contributed by atoms with Crippen LogP contribution in [0.25, 0.3) is 10.9 Å². The summed E-state index contributed by atoms with van der Waals surface area (Å²) in [6, 6.07) is 16.4. The smallest absolute Gasteiger partial charge is 0.328 e. The summed E-state index contributed by atoms with van der Waals surface area (Å²) in [5.41, 5.74) is 7.00. The number of nitrogens with one attached hydrogen (secondary N) is 1. The zero-order valence-electron chi connectivity index (χ0n) is 20.7. The van der Waals surface area contributed by atoms with E-state index in [0.717, 1.165) is 40.0 Å². The molecule has 0 aliphatic carbocycles. The van der Waals surface area contributed by atoms with Crippen LogP contribution in [0, 0.1) is 0 Å². The Morgan fingerprint density at radius 2 is 1.69 bits per heavy atom. The normalized spacial score (nSPS) is 11.3. The number of hydrogen-bond acceptors (Lipinski definition) is 5. The van der Waals surface area contributed by atoms with Crippen molar-refractivity contribution in [1.29, 1.82) is 0 Å². The van der Waals surface area contributed by atoms with Gasteiger partial charge in [-0.2, -0.15) is 0 Å². The van der Waals surface area contributed by atoms with Crippen molar-refractivity contribution in [3.05, 3.63) is 66.2 Å². The average molecular weight is 512 g/mol. The average Bonchev–Trinajstić information content (AvgIpc) is 2.87. The molecule has 0 fully saturated rings.